The normalized spacial score (nSPS) is 19.3. The zero-order valence-corrected chi connectivity index (χ0v) is 14.2. The Morgan fingerprint density at radius 3 is 2.52 bits per heavy atom. The maximum atomic E-state index is 6.11. The number of piperazine rings is 1. The van der Waals surface area contributed by atoms with E-state index in [1.165, 1.54) is 12.8 Å². The van der Waals surface area contributed by atoms with Crippen molar-refractivity contribution in [3.05, 3.63) is 40.0 Å². The van der Waals surface area contributed by atoms with Crippen molar-refractivity contribution in [3.63, 3.8) is 0 Å². The van der Waals surface area contributed by atoms with E-state index >= 15 is 0 Å². The van der Waals surface area contributed by atoms with E-state index in [4.69, 9.17) is 27.6 Å². The second kappa shape index (κ2) is 6.30. The molecule has 0 atom stereocenters. The average Bonchev–Trinajstić information content (AvgIpc) is 3.31. The Balaban J connectivity index is 1.33. The van der Waals surface area contributed by atoms with Crippen LogP contribution in [0.25, 0.3) is 0 Å². The van der Waals surface area contributed by atoms with Gasteiger partial charge in [-0.1, -0.05) is 23.2 Å². The van der Waals surface area contributed by atoms with Crippen LogP contribution in [0.2, 0.25) is 10.0 Å². The molecular weight excluding hydrogens is 335 g/mol. The van der Waals surface area contributed by atoms with E-state index < -0.39 is 0 Å². The quantitative estimate of drug-likeness (QED) is 0.841. The van der Waals surface area contributed by atoms with Crippen LogP contribution in [-0.2, 0) is 6.54 Å². The maximum absolute atomic E-state index is 6.11. The summed E-state index contributed by atoms with van der Waals surface area (Å²) >= 11 is 12.1. The van der Waals surface area contributed by atoms with E-state index in [0.29, 0.717) is 16.0 Å². The minimum Gasteiger partial charge on any atom is -0.424 e. The number of rotatable bonds is 4. The highest BCUT2D eigenvalue weighted by atomic mass is 35.5. The lowest BCUT2D eigenvalue weighted by molar-refractivity contribution is 0.224. The van der Waals surface area contributed by atoms with Crippen molar-refractivity contribution in [3.8, 4) is 0 Å². The highest BCUT2D eigenvalue weighted by Gasteiger charge is 2.29. The van der Waals surface area contributed by atoms with E-state index in [0.717, 1.165) is 50.2 Å². The Labute approximate surface area is 145 Å². The SMILES string of the molecule is Clc1ccc(N2CCN(Cc3nnc(C4CC4)o3)CC2)cc1Cl. The van der Waals surface area contributed by atoms with Crippen molar-refractivity contribution >= 4 is 28.9 Å². The third kappa shape index (κ3) is 3.47. The van der Waals surface area contributed by atoms with Gasteiger partial charge in [0.05, 0.1) is 16.6 Å². The molecular formula is C16H18Cl2N4O. The molecule has 1 saturated heterocycles. The van der Waals surface area contributed by atoms with E-state index in [2.05, 4.69) is 20.0 Å². The number of anilines is 1. The van der Waals surface area contributed by atoms with Crippen molar-refractivity contribution in [2.75, 3.05) is 31.1 Å². The Morgan fingerprint density at radius 2 is 1.83 bits per heavy atom. The fourth-order valence-electron chi connectivity index (χ4n) is 2.86. The summed E-state index contributed by atoms with van der Waals surface area (Å²) in [6, 6.07) is 5.80. The third-order valence-electron chi connectivity index (χ3n) is 4.41. The van der Waals surface area contributed by atoms with E-state index in [1.54, 1.807) is 0 Å². The van der Waals surface area contributed by atoms with Crippen molar-refractivity contribution in [1.82, 2.24) is 15.1 Å². The lowest BCUT2D eigenvalue weighted by atomic mass is 10.2. The first-order valence-electron chi connectivity index (χ1n) is 7.93. The van der Waals surface area contributed by atoms with Crippen LogP contribution in [0.5, 0.6) is 0 Å². The number of hydrogen-bond acceptors (Lipinski definition) is 5. The molecule has 0 spiro atoms. The van der Waals surface area contributed by atoms with E-state index in [1.807, 2.05) is 18.2 Å². The lowest BCUT2D eigenvalue weighted by Crippen LogP contribution is -2.46. The molecule has 2 aliphatic rings. The molecule has 0 bridgehead atoms. The topological polar surface area (TPSA) is 45.4 Å². The minimum absolute atomic E-state index is 0.516. The van der Waals surface area contributed by atoms with Gasteiger partial charge in [0.25, 0.3) is 0 Å². The van der Waals surface area contributed by atoms with Crippen LogP contribution in [0.4, 0.5) is 5.69 Å². The van der Waals surface area contributed by atoms with Crippen LogP contribution < -0.4 is 4.90 Å². The van der Waals surface area contributed by atoms with E-state index in [-0.39, 0.29) is 0 Å². The number of aromatic nitrogens is 2. The fourth-order valence-corrected chi connectivity index (χ4v) is 3.16. The van der Waals surface area contributed by atoms with E-state index in [9.17, 15) is 0 Å². The zero-order chi connectivity index (χ0) is 15.8. The first-order chi connectivity index (χ1) is 11.2. The third-order valence-corrected chi connectivity index (χ3v) is 5.15. The molecule has 23 heavy (non-hydrogen) atoms. The summed E-state index contributed by atoms with van der Waals surface area (Å²) in [4.78, 5) is 4.67. The number of benzene rings is 1. The molecule has 1 aliphatic heterocycles. The van der Waals surface area contributed by atoms with Crippen molar-refractivity contribution in [2.45, 2.75) is 25.3 Å². The molecule has 7 heteroatoms. The molecule has 1 aromatic carbocycles. The van der Waals surface area contributed by atoms with Gasteiger partial charge >= 0.3 is 0 Å². The molecule has 2 heterocycles. The number of nitrogens with zero attached hydrogens (tertiary/aromatic N) is 4. The second-order valence-electron chi connectivity index (χ2n) is 6.17. The summed E-state index contributed by atoms with van der Waals surface area (Å²) in [5.74, 6) is 2.06. The number of hydrogen-bond donors (Lipinski definition) is 0. The molecule has 2 aromatic rings. The first-order valence-corrected chi connectivity index (χ1v) is 8.69. The van der Waals surface area contributed by atoms with Crippen LogP contribution in [-0.4, -0.2) is 41.3 Å². The summed E-state index contributed by atoms with van der Waals surface area (Å²) < 4.78 is 5.74. The van der Waals surface area contributed by atoms with Gasteiger partial charge in [0.15, 0.2) is 0 Å². The van der Waals surface area contributed by atoms with Crippen LogP contribution in [0.3, 0.4) is 0 Å². The van der Waals surface area contributed by atoms with Crippen LogP contribution in [0.15, 0.2) is 22.6 Å². The monoisotopic (exact) mass is 352 g/mol. The highest BCUT2D eigenvalue weighted by molar-refractivity contribution is 6.42. The highest BCUT2D eigenvalue weighted by Crippen LogP contribution is 2.39. The van der Waals surface area contributed by atoms with Crippen molar-refractivity contribution in [1.29, 1.82) is 0 Å². The average molecular weight is 353 g/mol. The minimum atomic E-state index is 0.516. The summed E-state index contributed by atoms with van der Waals surface area (Å²) in [5.41, 5.74) is 1.12. The molecule has 5 nitrogen and oxygen atoms in total. The van der Waals surface area contributed by atoms with Gasteiger partial charge in [-0.05, 0) is 31.0 Å². The summed E-state index contributed by atoms with van der Waals surface area (Å²) in [7, 11) is 0. The molecule has 0 radical (unpaired) electrons. The molecule has 0 N–H and O–H groups in total. The molecule has 122 valence electrons. The predicted molar refractivity (Wildman–Crippen MR) is 90.2 cm³/mol. The van der Waals surface area contributed by atoms with Gasteiger partial charge in [-0.15, -0.1) is 10.2 Å². The standard InChI is InChI=1S/C16H18Cl2N4O/c17-13-4-3-12(9-14(13)18)22-7-5-21(6-8-22)10-15-19-20-16(23-15)11-1-2-11/h3-4,9,11H,1-2,5-8,10H2. The molecule has 1 saturated carbocycles. The van der Waals surface area contributed by atoms with Gasteiger partial charge in [-0.2, -0.15) is 0 Å². The molecule has 2 fully saturated rings. The molecule has 0 unspecified atom stereocenters. The molecule has 0 amide bonds. The van der Waals surface area contributed by atoms with Crippen LogP contribution in [0.1, 0.15) is 30.5 Å². The Morgan fingerprint density at radius 1 is 1.04 bits per heavy atom. The first kappa shape index (κ1) is 15.2. The van der Waals surface area contributed by atoms with Crippen molar-refractivity contribution in [2.24, 2.45) is 0 Å². The summed E-state index contributed by atoms with van der Waals surface area (Å²) in [6.07, 6.45) is 2.37. The summed E-state index contributed by atoms with van der Waals surface area (Å²) in [5, 5.41) is 9.51. The molecule has 4 rings (SSSR count). The van der Waals surface area contributed by atoms with Crippen molar-refractivity contribution < 1.29 is 4.42 Å². The van der Waals surface area contributed by atoms with Crippen LogP contribution >= 0.6 is 23.2 Å². The van der Waals surface area contributed by atoms with Gasteiger partial charge in [0.2, 0.25) is 11.8 Å². The molecule has 1 aliphatic carbocycles. The smallest absolute Gasteiger partial charge is 0.230 e. The number of halogens is 2. The van der Waals surface area contributed by atoms with Gasteiger partial charge in [0.1, 0.15) is 0 Å². The Kier molecular flexibility index (Phi) is 4.18. The Bertz CT molecular complexity index is 693. The van der Waals surface area contributed by atoms with Gasteiger partial charge in [-0.3, -0.25) is 4.90 Å². The predicted octanol–water partition coefficient (Wildman–Crippen LogP) is 3.58. The Hall–Kier alpha value is -1.30. The second-order valence-corrected chi connectivity index (χ2v) is 6.98. The fraction of sp³-hybridized carbons (Fsp3) is 0.500. The molecule has 1 aromatic heterocycles. The van der Waals surface area contributed by atoms with Gasteiger partial charge in [-0.25, -0.2) is 0 Å². The summed E-state index contributed by atoms with van der Waals surface area (Å²) in [6.45, 7) is 4.54. The maximum Gasteiger partial charge on any atom is 0.230 e. The lowest BCUT2D eigenvalue weighted by Gasteiger charge is -2.35. The van der Waals surface area contributed by atoms with Crippen LogP contribution in [0, 0.1) is 0 Å². The van der Waals surface area contributed by atoms with Gasteiger partial charge < -0.3 is 9.32 Å². The van der Waals surface area contributed by atoms with Gasteiger partial charge in [0, 0.05) is 37.8 Å². The zero-order valence-electron chi connectivity index (χ0n) is 12.7. The largest absolute Gasteiger partial charge is 0.424 e.